The predicted octanol–water partition coefficient (Wildman–Crippen LogP) is 3.59. The van der Waals surface area contributed by atoms with E-state index >= 15 is 0 Å². The third kappa shape index (κ3) is 2.33. The molecule has 0 radical (unpaired) electrons. The summed E-state index contributed by atoms with van der Waals surface area (Å²) in [5, 5.41) is 9.47. The van der Waals surface area contributed by atoms with Crippen LogP contribution in [-0.2, 0) is 4.79 Å². The summed E-state index contributed by atoms with van der Waals surface area (Å²) in [6, 6.07) is 1.39. The number of carboxylic acid groups (broad SMARTS) is 1. The Morgan fingerprint density at radius 2 is 1.91 bits per heavy atom. The highest BCUT2D eigenvalue weighted by atomic mass is 35.5. The van der Waals surface area contributed by atoms with E-state index in [1.54, 1.807) is 6.92 Å². The van der Waals surface area contributed by atoms with Crippen LogP contribution in [0.25, 0.3) is 0 Å². The summed E-state index contributed by atoms with van der Waals surface area (Å²) in [7, 11) is 0. The second-order valence-corrected chi connectivity index (χ2v) is 6.43. The Hall–Kier alpha value is -1.75. The minimum atomic E-state index is -1.05. The van der Waals surface area contributed by atoms with Crippen molar-refractivity contribution in [1.29, 1.82) is 0 Å². The van der Waals surface area contributed by atoms with Crippen LogP contribution in [0.4, 0.5) is 0 Å². The topological polar surface area (TPSA) is 72.8 Å². The maximum atomic E-state index is 11.4. The minimum absolute atomic E-state index is 0.0707. The maximum absolute atomic E-state index is 11.4. The van der Waals surface area contributed by atoms with Gasteiger partial charge in [0, 0.05) is 31.2 Å². The standard InChI is InChI=1S/C16H17ClO5/c1-8-11(15(19)20)7-12(17)14-13(8)21-16(2,22-14)9-3-5-10(18)6-4-9/h7,9H,3-6H2,1-2H3,(H,19,20)/t16-/m1/s1. The van der Waals surface area contributed by atoms with Gasteiger partial charge in [0.05, 0.1) is 10.6 Å². The zero-order valence-corrected chi connectivity index (χ0v) is 13.2. The van der Waals surface area contributed by atoms with Gasteiger partial charge >= 0.3 is 5.97 Å². The number of ketones is 1. The van der Waals surface area contributed by atoms with Crippen molar-refractivity contribution < 1.29 is 24.2 Å². The fourth-order valence-electron chi connectivity index (χ4n) is 3.20. The van der Waals surface area contributed by atoms with E-state index in [2.05, 4.69) is 0 Å². The van der Waals surface area contributed by atoms with Crippen molar-refractivity contribution in [3.63, 3.8) is 0 Å². The average molecular weight is 325 g/mol. The van der Waals surface area contributed by atoms with Crippen LogP contribution in [0.1, 0.15) is 48.5 Å². The Bertz CT molecular complexity index is 659. The molecule has 0 unspecified atom stereocenters. The van der Waals surface area contributed by atoms with E-state index in [0.717, 1.165) is 0 Å². The van der Waals surface area contributed by atoms with Crippen LogP contribution in [0, 0.1) is 12.8 Å². The van der Waals surface area contributed by atoms with Gasteiger partial charge in [-0.05, 0) is 25.8 Å². The zero-order chi connectivity index (χ0) is 16.1. The normalized spacial score (nSPS) is 24.6. The molecule has 5 nitrogen and oxygen atoms in total. The van der Waals surface area contributed by atoms with E-state index in [9.17, 15) is 14.7 Å². The van der Waals surface area contributed by atoms with Crippen molar-refractivity contribution in [1.82, 2.24) is 0 Å². The first kappa shape index (κ1) is 15.2. The number of rotatable bonds is 2. The largest absolute Gasteiger partial charge is 0.478 e. The summed E-state index contributed by atoms with van der Waals surface area (Å²) in [6.45, 7) is 3.50. The molecule has 1 aromatic rings. The van der Waals surface area contributed by atoms with Gasteiger partial charge in [-0.15, -0.1) is 0 Å². The van der Waals surface area contributed by atoms with Gasteiger partial charge in [-0.3, -0.25) is 4.79 Å². The molecule has 1 aliphatic heterocycles. The number of carboxylic acids is 1. The van der Waals surface area contributed by atoms with Crippen molar-refractivity contribution in [2.24, 2.45) is 5.92 Å². The zero-order valence-electron chi connectivity index (χ0n) is 12.4. The third-order valence-electron chi connectivity index (χ3n) is 4.56. The molecule has 0 saturated heterocycles. The van der Waals surface area contributed by atoms with E-state index in [1.807, 2.05) is 6.92 Å². The number of benzene rings is 1. The van der Waals surface area contributed by atoms with E-state index in [4.69, 9.17) is 21.1 Å². The molecule has 0 amide bonds. The van der Waals surface area contributed by atoms with Crippen molar-refractivity contribution in [2.45, 2.75) is 45.3 Å². The molecule has 1 aliphatic carbocycles. The van der Waals surface area contributed by atoms with Gasteiger partial charge in [0.2, 0.25) is 0 Å². The van der Waals surface area contributed by atoms with Crippen LogP contribution in [0.3, 0.4) is 0 Å². The van der Waals surface area contributed by atoms with E-state index in [1.165, 1.54) is 6.07 Å². The molecular formula is C16H17ClO5. The number of ether oxygens (including phenoxy) is 2. The predicted molar refractivity (Wildman–Crippen MR) is 79.8 cm³/mol. The lowest BCUT2D eigenvalue weighted by Crippen LogP contribution is -2.44. The van der Waals surface area contributed by atoms with Crippen LogP contribution in [0.2, 0.25) is 5.02 Å². The van der Waals surface area contributed by atoms with Gasteiger partial charge in [-0.25, -0.2) is 4.79 Å². The van der Waals surface area contributed by atoms with Crippen LogP contribution in [-0.4, -0.2) is 22.6 Å². The van der Waals surface area contributed by atoms with Gasteiger partial charge in [0.1, 0.15) is 5.78 Å². The first-order valence-electron chi connectivity index (χ1n) is 7.28. The van der Waals surface area contributed by atoms with Crippen molar-refractivity contribution in [2.75, 3.05) is 0 Å². The molecule has 2 aliphatic rings. The summed E-state index contributed by atoms with van der Waals surface area (Å²) in [4.78, 5) is 22.7. The molecule has 0 bridgehead atoms. The van der Waals surface area contributed by atoms with Gasteiger partial charge in [0.15, 0.2) is 11.5 Å². The Morgan fingerprint density at radius 3 is 2.50 bits per heavy atom. The summed E-state index contributed by atoms with van der Waals surface area (Å²) in [5.74, 6) is -0.844. The second kappa shape index (κ2) is 5.16. The Labute approximate surface area is 133 Å². The Balaban J connectivity index is 1.95. The Morgan fingerprint density at radius 1 is 1.32 bits per heavy atom. The molecular weight excluding hydrogens is 308 g/mol. The third-order valence-corrected chi connectivity index (χ3v) is 4.84. The quantitative estimate of drug-likeness (QED) is 0.900. The minimum Gasteiger partial charge on any atom is -0.478 e. The van der Waals surface area contributed by atoms with Crippen LogP contribution in [0.15, 0.2) is 6.07 Å². The number of Topliss-reactive ketones (excluding diaryl/α,β-unsaturated/α-hetero) is 1. The molecule has 1 saturated carbocycles. The molecule has 1 heterocycles. The van der Waals surface area contributed by atoms with E-state index < -0.39 is 11.8 Å². The van der Waals surface area contributed by atoms with E-state index in [-0.39, 0.29) is 22.3 Å². The van der Waals surface area contributed by atoms with Gasteiger partial charge in [0.25, 0.3) is 5.79 Å². The lowest BCUT2D eigenvalue weighted by atomic mass is 9.83. The van der Waals surface area contributed by atoms with Crippen molar-refractivity contribution in [3.8, 4) is 11.5 Å². The summed E-state index contributed by atoms with van der Waals surface area (Å²) in [5.41, 5.74) is 0.609. The fourth-order valence-corrected chi connectivity index (χ4v) is 3.43. The molecule has 22 heavy (non-hydrogen) atoms. The molecule has 0 aromatic heterocycles. The van der Waals surface area contributed by atoms with Crippen molar-refractivity contribution in [3.05, 3.63) is 22.2 Å². The first-order chi connectivity index (χ1) is 10.3. The summed E-state index contributed by atoms with van der Waals surface area (Å²) >= 11 is 6.16. The van der Waals surface area contributed by atoms with Gasteiger partial charge < -0.3 is 14.6 Å². The van der Waals surface area contributed by atoms with Crippen LogP contribution >= 0.6 is 11.6 Å². The fraction of sp³-hybridized carbons (Fsp3) is 0.500. The molecule has 1 fully saturated rings. The lowest BCUT2D eigenvalue weighted by Gasteiger charge is -2.34. The molecule has 3 rings (SSSR count). The summed E-state index contributed by atoms with van der Waals surface area (Å²) < 4.78 is 11.9. The number of fused-ring (bicyclic) bond motifs is 1. The van der Waals surface area contributed by atoms with Gasteiger partial charge in [-0.1, -0.05) is 11.6 Å². The Kier molecular flexibility index (Phi) is 3.56. The highest BCUT2D eigenvalue weighted by molar-refractivity contribution is 6.32. The van der Waals surface area contributed by atoms with Crippen LogP contribution < -0.4 is 9.47 Å². The van der Waals surface area contributed by atoms with Crippen molar-refractivity contribution >= 4 is 23.4 Å². The molecule has 1 aromatic carbocycles. The molecule has 1 atom stereocenters. The first-order valence-corrected chi connectivity index (χ1v) is 7.65. The highest BCUT2D eigenvalue weighted by Gasteiger charge is 2.47. The smallest absolute Gasteiger partial charge is 0.336 e. The van der Waals surface area contributed by atoms with Gasteiger partial charge in [-0.2, -0.15) is 0 Å². The number of hydrogen-bond acceptors (Lipinski definition) is 4. The highest BCUT2D eigenvalue weighted by Crippen LogP contribution is 2.51. The maximum Gasteiger partial charge on any atom is 0.336 e. The van der Waals surface area contributed by atoms with E-state index in [0.29, 0.717) is 42.7 Å². The number of carbonyl (C=O) groups is 2. The second-order valence-electron chi connectivity index (χ2n) is 6.03. The average Bonchev–Trinajstić information content (AvgIpc) is 2.83. The molecule has 118 valence electrons. The number of halogens is 1. The SMILES string of the molecule is Cc1c(C(=O)O)cc(Cl)c2c1O[C@@](C)(C1CCC(=O)CC1)O2. The molecule has 0 spiro atoms. The molecule has 6 heteroatoms. The number of hydrogen-bond donors (Lipinski definition) is 1. The number of carbonyl (C=O) groups excluding carboxylic acids is 1. The van der Waals surface area contributed by atoms with Crippen LogP contribution in [0.5, 0.6) is 11.5 Å². The molecule has 1 N–H and O–H groups in total. The summed E-state index contributed by atoms with van der Waals surface area (Å²) in [6.07, 6.45) is 2.45. The lowest BCUT2D eigenvalue weighted by molar-refractivity contribution is -0.135. The monoisotopic (exact) mass is 324 g/mol. The number of aromatic carboxylic acids is 1.